The fourth-order valence-corrected chi connectivity index (χ4v) is 2.72. The smallest absolute Gasteiger partial charge is 0.249 e. The van der Waals surface area contributed by atoms with Crippen LogP contribution >= 0.6 is 0 Å². The maximum atomic E-state index is 11.9. The Morgan fingerprint density at radius 1 is 0.625 bits per heavy atom. The van der Waals surface area contributed by atoms with Crippen molar-refractivity contribution in [3.63, 3.8) is 0 Å². The summed E-state index contributed by atoms with van der Waals surface area (Å²) >= 11 is 0. The van der Waals surface area contributed by atoms with Crippen molar-refractivity contribution in [1.82, 2.24) is 0 Å². The third-order valence-electron chi connectivity index (χ3n) is 3.87. The minimum atomic E-state index is -0.601. The van der Waals surface area contributed by atoms with Crippen molar-refractivity contribution < 1.29 is 9.59 Å². The van der Waals surface area contributed by atoms with E-state index in [1.54, 1.807) is 12.1 Å². The molecule has 0 atom stereocenters. The molecule has 0 aliphatic rings. The molecule has 0 aliphatic heterocycles. The average molecular weight is 316 g/mol. The average Bonchev–Trinajstić information content (AvgIpc) is 2.62. The zero-order chi connectivity index (χ0) is 17.1. The summed E-state index contributed by atoms with van der Waals surface area (Å²) in [5.74, 6) is -1.20. The third kappa shape index (κ3) is 2.90. The summed E-state index contributed by atoms with van der Waals surface area (Å²) in [4.78, 5) is 23.3. The normalized spacial score (nSPS) is 10.3. The zero-order valence-electron chi connectivity index (χ0n) is 12.9. The summed E-state index contributed by atoms with van der Waals surface area (Å²) in [5, 5.41) is 0. The maximum Gasteiger partial charge on any atom is 0.249 e. The lowest BCUT2D eigenvalue weighted by Crippen LogP contribution is -2.16. The lowest BCUT2D eigenvalue weighted by Gasteiger charge is -2.13. The van der Waals surface area contributed by atoms with Crippen LogP contribution in [0.5, 0.6) is 0 Å². The van der Waals surface area contributed by atoms with Gasteiger partial charge in [0.1, 0.15) is 0 Å². The summed E-state index contributed by atoms with van der Waals surface area (Å²) < 4.78 is 0. The van der Waals surface area contributed by atoms with Gasteiger partial charge in [0.15, 0.2) is 0 Å². The molecular formula is C20H16N2O2. The van der Waals surface area contributed by atoms with Gasteiger partial charge in [0.25, 0.3) is 0 Å². The molecule has 0 bridgehead atoms. The van der Waals surface area contributed by atoms with E-state index in [0.29, 0.717) is 5.56 Å². The second-order valence-electron chi connectivity index (χ2n) is 5.40. The van der Waals surface area contributed by atoms with Crippen molar-refractivity contribution in [2.45, 2.75) is 0 Å². The van der Waals surface area contributed by atoms with Gasteiger partial charge in [0.05, 0.1) is 0 Å². The highest BCUT2D eigenvalue weighted by atomic mass is 16.1. The van der Waals surface area contributed by atoms with Gasteiger partial charge in [0, 0.05) is 11.1 Å². The van der Waals surface area contributed by atoms with Gasteiger partial charge in [-0.05, 0) is 34.4 Å². The van der Waals surface area contributed by atoms with E-state index in [-0.39, 0.29) is 11.1 Å². The van der Waals surface area contributed by atoms with Crippen LogP contribution in [0.4, 0.5) is 0 Å². The van der Waals surface area contributed by atoms with Crippen LogP contribution in [0.25, 0.3) is 22.3 Å². The van der Waals surface area contributed by atoms with E-state index in [1.807, 2.05) is 54.6 Å². The molecule has 2 amide bonds. The maximum absolute atomic E-state index is 11.9. The van der Waals surface area contributed by atoms with E-state index in [1.165, 1.54) is 6.07 Å². The summed E-state index contributed by atoms with van der Waals surface area (Å²) in [5.41, 5.74) is 14.9. The lowest BCUT2D eigenvalue weighted by atomic mass is 9.90. The second-order valence-corrected chi connectivity index (χ2v) is 5.40. The molecule has 0 fully saturated rings. The Morgan fingerprint density at radius 3 is 1.88 bits per heavy atom. The number of carbonyl (C=O) groups excluding carboxylic acids is 2. The van der Waals surface area contributed by atoms with Crippen LogP contribution in [0.1, 0.15) is 20.7 Å². The van der Waals surface area contributed by atoms with Gasteiger partial charge in [-0.2, -0.15) is 0 Å². The van der Waals surface area contributed by atoms with Crippen LogP contribution in [0.2, 0.25) is 0 Å². The van der Waals surface area contributed by atoms with Crippen LogP contribution in [0.3, 0.4) is 0 Å². The van der Waals surface area contributed by atoms with Crippen LogP contribution in [-0.2, 0) is 0 Å². The molecule has 0 spiro atoms. The van der Waals surface area contributed by atoms with E-state index in [9.17, 15) is 9.59 Å². The van der Waals surface area contributed by atoms with Gasteiger partial charge in [-0.15, -0.1) is 0 Å². The number of primary amides is 2. The molecule has 24 heavy (non-hydrogen) atoms. The highest BCUT2D eigenvalue weighted by Crippen LogP contribution is 2.34. The summed E-state index contributed by atoms with van der Waals surface area (Å²) in [6.07, 6.45) is 0. The van der Waals surface area contributed by atoms with Crippen molar-refractivity contribution in [1.29, 1.82) is 0 Å². The predicted octanol–water partition coefficient (Wildman–Crippen LogP) is 3.22. The fraction of sp³-hybridized carbons (Fsp3) is 0. The molecule has 0 unspecified atom stereocenters. The van der Waals surface area contributed by atoms with Gasteiger partial charge < -0.3 is 11.5 Å². The first-order valence-corrected chi connectivity index (χ1v) is 7.46. The Bertz CT molecular complexity index is 918. The van der Waals surface area contributed by atoms with Crippen LogP contribution in [0.15, 0.2) is 72.8 Å². The van der Waals surface area contributed by atoms with Gasteiger partial charge in [-0.25, -0.2) is 0 Å². The molecule has 0 aromatic heterocycles. The first kappa shape index (κ1) is 15.5. The molecule has 0 heterocycles. The van der Waals surface area contributed by atoms with E-state index in [0.717, 1.165) is 16.7 Å². The molecule has 3 aromatic rings. The predicted molar refractivity (Wildman–Crippen MR) is 94.3 cm³/mol. The molecule has 4 N–H and O–H groups in total. The van der Waals surface area contributed by atoms with Crippen molar-refractivity contribution in [3.05, 3.63) is 83.9 Å². The third-order valence-corrected chi connectivity index (χ3v) is 3.87. The summed E-state index contributed by atoms with van der Waals surface area (Å²) in [6.45, 7) is 0. The lowest BCUT2D eigenvalue weighted by molar-refractivity contribution is 0.0999. The van der Waals surface area contributed by atoms with E-state index in [4.69, 9.17) is 11.5 Å². The highest BCUT2D eigenvalue weighted by Gasteiger charge is 2.16. The molecule has 0 aliphatic carbocycles. The van der Waals surface area contributed by atoms with Gasteiger partial charge in [-0.3, -0.25) is 9.59 Å². The summed E-state index contributed by atoms with van der Waals surface area (Å²) in [7, 11) is 0. The monoisotopic (exact) mass is 316 g/mol. The van der Waals surface area contributed by atoms with Crippen molar-refractivity contribution in [2.75, 3.05) is 0 Å². The fourth-order valence-electron chi connectivity index (χ4n) is 2.72. The minimum absolute atomic E-state index is 0.254. The van der Waals surface area contributed by atoms with E-state index >= 15 is 0 Å². The number of hydrogen-bond donors (Lipinski definition) is 2. The first-order valence-electron chi connectivity index (χ1n) is 7.46. The molecule has 4 nitrogen and oxygen atoms in total. The SMILES string of the molecule is NC(=O)c1ccc(-c2ccccc2-c2ccccc2)c(C(N)=O)c1. The van der Waals surface area contributed by atoms with Crippen molar-refractivity contribution >= 4 is 11.8 Å². The highest BCUT2D eigenvalue weighted by molar-refractivity contribution is 6.04. The molecule has 0 saturated carbocycles. The molecule has 0 saturated heterocycles. The van der Waals surface area contributed by atoms with E-state index < -0.39 is 11.8 Å². The van der Waals surface area contributed by atoms with Crippen molar-refractivity contribution in [2.24, 2.45) is 11.5 Å². The van der Waals surface area contributed by atoms with Crippen LogP contribution in [-0.4, -0.2) is 11.8 Å². The Labute approximate surface area is 139 Å². The minimum Gasteiger partial charge on any atom is -0.366 e. The summed E-state index contributed by atoms with van der Waals surface area (Å²) in [6, 6.07) is 22.4. The van der Waals surface area contributed by atoms with Crippen LogP contribution < -0.4 is 11.5 Å². The number of carbonyl (C=O) groups is 2. The van der Waals surface area contributed by atoms with Gasteiger partial charge >= 0.3 is 0 Å². The Balaban J connectivity index is 2.24. The number of benzene rings is 3. The first-order chi connectivity index (χ1) is 11.6. The largest absolute Gasteiger partial charge is 0.366 e. The molecule has 0 radical (unpaired) electrons. The van der Waals surface area contributed by atoms with Crippen LogP contribution in [0, 0.1) is 0 Å². The van der Waals surface area contributed by atoms with Gasteiger partial charge in [-0.1, -0.05) is 60.7 Å². The molecule has 4 heteroatoms. The number of hydrogen-bond acceptors (Lipinski definition) is 2. The zero-order valence-corrected chi connectivity index (χ0v) is 12.9. The Morgan fingerprint density at radius 2 is 1.25 bits per heavy atom. The number of rotatable bonds is 4. The molecule has 118 valence electrons. The second kappa shape index (κ2) is 6.38. The standard InChI is InChI=1S/C20H16N2O2/c21-19(23)14-10-11-17(18(12-14)20(22)24)16-9-5-4-8-15(16)13-6-2-1-3-7-13/h1-12H,(H2,21,23)(H2,22,24). The molecule has 3 aromatic carbocycles. The van der Waals surface area contributed by atoms with E-state index in [2.05, 4.69) is 0 Å². The number of nitrogens with two attached hydrogens (primary N) is 2. The quantitative estimate of drug-likeness (QED) is 0.774. The Hall–Kier alpha value is -3.40. The van der Waals surface area contributed by atoms with Gasteiger partial charge in [0.2, 0.25) is 11.8 Å². The topological polar surface area (TPSA) is 86.2 Å². The number of amides is 2. The van der Waals surface area contributed by atoms with Crippen molar-refractivity contribution in [3.8, 4) is 22.3 Å². The molecule has 3 rings (SSSR count). The Kier molecular flexibility index (Phi) is 4.12. The molecular weight excluding hydrogens is 300 g/mol.